The molecular formula is C43H46N2O6. The standard InChI is InChI=1S/C43H46N2O6/c1-6-9-20-44(22-19-38(46)51-8-3)35-18-16-30(31-23-27-13-11-12-14-28(27)24-32(31)35)39-40(47)33(41(39)48)26-37-43(4,5)34-25-29(42(49)50)15-17-36(34)45(37)21-10-7-2/h11-18,23-26H,6-10,19-22H2,1-5H3,(H-,47,48,49,50). The van der Waals surface area contributed by atoms with E-state index in [1.165, 1.54) is 0 Å². The number of hydrogen-bond acceptors (Lipinski definition) is 6. The Bertz CT molecular complexity index is 2150. The molecule has 0 bridgehead atoms. The second-order valence-electron chi connectivity index (χ2n) is 13.9. The molecule has 0 spiro atoms. The molecule has 0 amide bonds. The number of anilines is 1. The number of carboxylic acid groups (broad SMARTS) is 1. The van der Waals surface area contributed by atoms with Crippen LogP contribution in [0.25, 0.3) is 27.1 Å². The van der Waals surface area contributed by atoms with Crippen LogP contribution in [0.5, 0.6) is 0 Å². The summed E-state index contributed by atoms with van der Waals surface area (Å²) >= 11 is 0. The number of rotatable bonds is 14. The molecule has 0 atom stereocenters. The first-order valence-corrected chi connectivity index (χ1v) is 18.1. The smallest absolute Gasteiger partial charge is 0.335 e. The Hall–Kier alpha value is -5.24. The first kappa shape index (κ1) is 35.6. The van der Waals surface area contributed by atoms with Gasteiger partial charge in [0, 0.05) is 59.4 Å². The topological polar surface area (TPSA) is 110 Å². The molecule has 0 unspecified atom stereocenters. The lowest BCUT2D eigenvalue weighted by molar-refractivity contribution is -0.438. The van der Waals surface area contributed by atoms with Crippen molar-refractivity contribution in [3.63, 3.8) is 0 Å². The molecule has 8 nitrogen and oxygen atoms in total. The molecule has 0 aromatic heterocycles. The maximum Gasteiger partial charge on any atom is 0.335 e. The molecule has 4 aromatic carbocycles. The van der Waals surface area contributed by atoms with Crippen LogP contribution in [0, 0.1) is 0 Å². The van der Waals surface area contributed by atoms with Gasteiger partial charge in [0.1, 0.15) is 6.54 Å². The van der Waals surface area contributed by atoms with Crippen molar-refractivity contribution in [3.8, 4) is 0 Å². The second kappa shape index (κ2) is 14.5. The molecule has 6 rings (SSSR count). The van der Waals surface area contributed by atoms with Gasteiger partial charge in [0.2, 0.25) is 5.69 Å². The predicted molar refractivity (Wildman–Crippen MR) is 201 cm³/mol. The molecule has 1 aliphatic carbocycles. The third-order valence-electron chi connectivity index (χ3n) is 10.2. The highest BCUT2D eigenvalue weighted by atomic mass is 16.5. The summed E-state index contributed by atoms with van der Waals surface area (Å²) in [6.45, 7) is 12.3. The maximum atomic E-state index is 14.1. The molecule has 264 valence electrons. The van der Waals surface area contributed by atoms with E-state index < -0.39 is 11.4 Å². The number of esters is 1. The Balaban J connectivity index is 1.47. The third-order valence-corrected chi connectivity index (χ3v) is 10.2. The van der Waals surface area contributed by atoms with Crippen molar-refractivity contribution in [1.29, 1.82) is 0 Å². The van der Waals surface area contributed by atoms with Gasteiger partial charge in [0.05, 0.1) is 24.0 Å². The van der Waals surface area contributed by atoms with E-state index in [2.05, 4.69) is 41.5 Å². The minimum absolute atomic E-state index is 0.137. The minimum atomic E-state index is -0.998. The Morgan fingerprint density at radius 1 is 0.922 bits per heavy atom. The van der Waals surface area contributed by atoms with Crippen molar-refractivity contribution in [2.45, 2.75) is 72.1 Å². The number of unbranched alkanes of at least 4 members (excludes halogenated alkanes) is 2. The van der Waals surface area contributed by atoms with Crippen LogP contribution in [0.3, 0.4) is 0 Å². The summed E-state index contributed by atoms with van der Waals surface area (Å²) in [6, 6.07) is 21.2. The number of ether oxygens (including phenoxy) is 1. The number of carbonyl (C=O) groups is 3. The van der Waals surface area contributed by atoms with E-state index in [0.717, 1.165) is 76.4 Å². The van der Waals surface area contributed by atoms with Crippen LogP contribution in [0.1, 0.15) is 88.2 Å². The monoisotopic (exact) mass is 686 g/mol. The lowest BCUT2D eigenvalue weighted by Gasteiger charge is -2.33. The van der Waals surface area contributed by atoms with Crippen molar-refractivity contribution in [2.75, 3.05) is 31.1 Å². The number of hydrogen-bond donors (Lipinski definition) is 1. The third kappa shape index (κ3) is 6.55. The first-order chi connectivity index (χ1) is 24.5. The lowest BCUT2D eigenvalue weighted by Crippen LogP contribution is -2.34. The fraction of sp³-hybridized carbons (Fsp3) is 0.349. The van der Waals surface area contributed by atoms with E-state index >= 15 is 0 Å². The van der Waals surface area contributed by atoms with Crippen LogP contribution in [-0.4, -0.2) is 59.4 Å². The summed E-state index contributed by atoms with van der Waals surface area (Å²) in [7, 11) is 0. The number of benzene rings is 4. The van der Waals surface area contributed by atoms with Crippen molar-refractivity contribution in [2.24, 2.45) is 0 Å². The minimum Gasteiger partial charge on any atom is -0.871 e. The second-order valence-corrected chi connectivity index (χ2v) is 13.9. The molecule has 0 saturated carbocycles. The Kier molecular flexibility index (Phi) is 10.1. The number of aromatic carboxylic acids is 1. The van der Waals surface area contributed by atoms with Gasteiger partial charge in [0.25, 0.3) is 0 Å². The van der Waals surface area contributed by atoms with Crippen LogP contribution < -0.4 is 10.0 Å². The van der Waals surface area contributed by atoms with Crippen molar-refractivity contribution < 1.29 is 33.9 Å². The SMILES string of the molecule is CCCCN(CCC(=O)OCC)c1ccc(C2=C([O-])C(=CC3=[N+](CCCC)c4ccc(C(=O)O)cc4C3(C)C)C2=O)c2cc3ccccc3cc12. The molecule has 1 N–H and O–H groups in total. The summed E-state index contributed by atoms with van der Waals surface area (Å²) in [4.78, 5) is 40.5. The Morgan fingerprint density at radius 2 is 1.63 bits per heavy atom. The lowest BCUT2D eigenvalue weighted by atomic mass is 9.76. The molecule has 4 aromatic rings. The normalized spacial score (nSPS) is 15.9. The number of Topliss-reactive ketones (excluding diaryl/α,β-unsaturated/α-hetero) is 1. The molecule has 2 aliphatic rings. The molecule has 1 aliphatic heterocycles. The molecule has 0 fully saturated rings. The molecule has 0 saturated heterocycles. The Morgan fingerprint density at radius 3 is 2.27 bits per heavy atom. The summed E-state index contributed by atoms with van der Waals surface area (Å²) in [5.74, 6) is -1.84. The van der Waals surface area contributed by atoms with Crippen molar-refractivity contribution >= 4 is 61.9 Å². The number of allylic oxidation sites excluding steroid dienone is 3. The van der Waals surface area contributed by atoms with Gasteiger partial charge in [-0.2, -0.15) is 4.58 Å². The first-order valence-electron chi connectivity index (χ1n) is 18.1. The maximum absolute atomic E-state index is 14.1. The molecule has 0 radical (unpaired) electrons. The van der Waals surface area contributed by atoms with E-state index in [9.17, 15) is 24.6 Å². The number of fused-ring (bicyclic) bond motifs is 3. The zero-order chi connectivity index (χ0) is 36.4. The van der Waals surface area contributed by atoms with Crippen LogP contribution in [0.15, 0.2) is 84.1 Å². The number of carboxylic acids is 1. The van der Waals surface area contributed by atoms with Crippen LogP contribution in [0.4, 0.5) is 11.4 Å². The van der Waals surface area contributed by atoms with E-state index in [1.807, 2.05) is 50.2 Å². The van der Waals surface area contributed by atoms with Gasteiger partial charge < -0.3 is 19.8 Å². The molecular weight excluding hydrogens is 640 g/mol. The molecule has 1 heterocycles. The predicted octanol–water partition coefficient (Wildman–Crippen LogP) is 7.71. The van der Waals surface area contributed by atoms with Gasteiger partial charge in [0.15, 0.2) is 11.5 Å². The average Bonchev–Trinajstić information content (AvgIpc) is 3.33. The highest BCUT2D eigenvalue weighted by molar-refractivity contribution is 6.41. The van der Waals surface area contributed by atoms with E-state index in [0.29, 0.717) is 25.3 Å². The van der Waals surface area contributed by atoms with Gasteiger partial charge in [-0.3, -0.25) is 9.59 Å². The number of carbonyl (C=O) groups excluding carboxylic acids is 2. The van der Waals surface area contributed by atoms with Crippen LogP contribution in [0.2, 0.25) is 0 Å². The van der Waals surface area contributed by atoms with Crippen LogP contribution in [-0.2, 0) is 19.7 Å². The summed E-state index contributed by atoms with van der Waals surface area (Å²) < 4.78 is 7.36. The van der Waals surface area contributed by atoms with E-state index in [4.69, 9.17) is 4.74 Å². The zero-order valence-electron chi connectivity index (χ0n) is 30.2. The van der Waals surface area contributed by atoms with E-state index in [1.54, 1.807) is 25.1 Å². The Labute approximate surface area is 299 Å². The van der Waals surface area contributed by atoms with Crippen molar-refractivity contribution in [3.05, 3.63) is 101 Å². The number of ketones is 1. The summed E-state index contributed by atoms with van der Waals surface area (Å²) in [6.07, 6.45) is 5.76. The highest BCUT2D eigenvalue weighted by Crippen LogP contribution is 2.45. The number of nitrogens with zero attached hydrogens (tertiary/aromatic N) is 2. The van der Waals surface area contributed by atoms with Crippen LogP contribution >= 0.6 is 0 Å². The zero-order valence-corrected chi connectivity index (χ0v) is 30.2. The molecule has 51 heavy (non-hydrogen) atoms. The van der Waals surface area contributed by atoms with Crippen molar-refractivity contribution in [1.82, 2.24) is 0 Å². The van der Waals surface area contributed by atoms with E-state index in [-0.39, 0.29) is 40.6 Å². The van der Waals surface area contributed by atoms with Gasteiger partial charge in [-0.1, -0.05) is 62.8 Å². The molecule has 8 heteroatoms. The highest BCUT2D eigenvalue weighted by Gasteiger charge is 2.46. The quantitative estimate of drug-likeness (QED) is 0.0626. The average molecular weight is 687 g/mol. The van der Waals surface area contributed by atoms with Gasteiger partial charge in [-0.15, -0.1) is 0 Å². The summed E-state index contributed by atoms with van der Waals surface area (Å²) in [5, 5.41) is 27.6. The largest absolute Gasteiger partial charge is 0.871 e. The van der Waals surface area contributed by atoms with Gasteiger partial charge in [-0.05, 0) is 79.2 Å². The fourth-order valence-electron chi connectivity index (χ4n) is 7.42. The van der Waals surface area contributed by atoms with Gasteiger partial charge >= 0.3 is 11.9 Å². The summed E-state index contributed by atoms with van der Waals surface area (Å²) in [5.41, 5.74) is 3.99. The fourth-order valence-corrected chi connectivity index (χ4v) is 7.42. The van der Waals surface area contributed by atoms with Gasteiger partial charge in [-0.25, -0.2) is 4.79 Å².